The Hall–Kier alpha value is -0.500. The number of hydrogen-bond acceptors (Lipinski definition) is 1. The molecular weight excluding hydrogens is 136 g/mol. The van der Waals surface area contributed by atoms with Crippen molar-refractivity contribution in [1.29, 1.82) is 0 Å². The van der Waals surface area contributed by atoms with Crippen molar-refractivity contribution in [3.8, 4) is 0 Å². The van der Waals surface area contributed by atoms with E-state index in [4.69, 9.17) is 11.6 Å². The van der Waals surface area contributed by atoms with Crippen LogP contribution in [0.1, 0.15) is 11.3 Å². The monoisotopic (exact) mass is 143 g/mol. The van der Waals surface area contributed by atoms with E-state index in [9.17, 15) is 0 Å². The summed E-state index contributed by atoms with van der Waals surface area (Å²) in [6.07, 6.45) is 0. The summed E-state index contributed by atoms with van der Waals surface area (Å²) in [5, 5.41) is 4.65. The number of nitrogens with zero attached hydrogens (tertiary/aromatic N) is 2. The third-order valence-corrected chi connectivity index (χ3v) is 1.74. The molecule has 1 aromatic heterocycles. The van der Waals surface area contributed by atoms with Crippen molar-refractivity contribution in [3.05, 3.63) is 23.3 Å². The fourth-order valence-corrected chi connectivity index (χ4v) is 0.848. The molecule has 1 radical (unpaired) electrons. The first-order valence-electron chi connectivity index (χ1n) is 2.64. The maximum Gasteiger partial charge on any atom is 0.130 e. The molecule has 0 aliphatic rings. The second kappa shape index (κ2) is 2.03. The molecule has 0 amide bonds. The predicted molar refractivity (Wildman–Crippen MR) is 37.4 cm³/mol. The molecule has 9 heavy (non-hydrogen) atoms. The summed E-state index contributed by atoms with van der Waals surface area (Å²) < 4.78 is 1.61. The largest absolute Gasteiger partial charge is 0.257 e. The maximum absolute atomic E-state index is 5.74. The summed E-state index contributed by atoms with van der Waals surface area (Å²) in [5.74, 6) is 0. The molecule has 1 heterocycles. The first kappa shape index (κ1) is 6.62. The summed E-state index contributed by atoms with van der Waals surface area (Å²) in [6.45, 7) is 5.61. The van der Waals surface area contributed by atoms with Gasteiger partial charge in [0.1, 0.15) is 5.15 Å². The Bertz CT molecular complexity index is 205. The maximum atomic E-state index is 5.74. The van der Waals surface area contributed by atoms with Crippen LogP contribution < -0.4 is 0 Å². The third kappa shape index (κ3) is 0.944. The normalized spacial score (nSPS) is 10.2. The van der Waals surface area contributed by atoms with Gasteiger partial charge in [0.25, 0.3) is 0 Å². The van der Waals surface area contributed by atoms with Gasteiger partial charge in [0, 0.05) is 12.6 Å². The van der Waals surface area contributed by atoms with Crippen LogP contribution in [0, 0.1) is 13.8 Å². The molecule has 0 atom stereocenters. The van der Waals surface area contributed by atoms with Gasteiger partial charge in [-0.2, -0.15) is 5.10 Å². The van der Waals surface area contributed by atoms with E-state index in [1.807, 2.05) is 6.92 Å². The second-order valence-corrected chi connectivity index (χ2v) is 2.34. The highest BCUT2D eigenvalue weighted by atomic mass is 35.5. The highest BCUT2D eigenvalue weighted by Crippen LogP contribution is 2.15. The van der Waals surface area contributed by atoms with Crippen LogP contribution in [0.25, 0.3) is 0 Å². The Labute approximate surface area is 59.4 Å². The van der Waals surface area contributed by atoms with Crippen LogP contribution in [-0.2, 0) is 7.05 Å². The van der Waals surface area contributed by atoms with E-state index in [-0.39, 0.29) is 0 Å². The topological polar surface area (TPSA) is 17.8 Å². The molecule has 0 aromatic carbocycles. The van der Waals surface area contributed by atoms with E-state index in [0.717, 1.165) is 11.3 Å². The van der Waals surface area contributed by atoms with E-state index in [2.05, 4.69) is 12.0 Å². The van der Waals surface area contributed by atoms with Crippen molar-refractivity contribution >= 4 is 11.6 Å². The van der Waals surface area contributed by atoms with Gasteiger partial charge in [-0.1, -0.05) is 11.6 Å². The molecule has 0 aliphatic heterocycles. The lowest BCUT2D eigenvalue weighted by molar-refractivity contribution is 0.757. The molecule has 0 saturated carbocycles. The Morgan fingerprint density at radius 2 is 2.22 bits per heavy atom. The van der Waals surface area contributed by atoms with E-state index in [1.54, 1.807) is 11.7 Å². The van der Waals surface area contributed by atoms with Gasteiger partial charge < -0.3 is 0 Å². The molecule has 0 aliphatic carbocycles. The van der Waals surface area contributed by atoms with Gasteiger partial charge in [-0.25, -0.2) is 0 Å². The van der Waals surface area contributed by atoms with E-state index >= 15 is 0 Å². The van der Waals surface area contributed by atoms with E-state index in [1.165, 1.54) is 0 Å². The zero-order chi connectivity index (χ0) is 7.02. The molecule has 0 saturated heterocycles. The Kier molecular flexibility index (Phi) is 1.49. The Morgan fingerprint density at radius 1 is 1.67 bits per heavy atom. The standard InChI is InChI=1S/C6H8ClN2/c1-4-5(2)8-9(3)6(4)7/h1H2,2-3H3. The fraction of sp³-hybridized carbons (Fsp3) is 0.333. The molecule has 0 fully saturated rings. The third-order valence-electron chi connectivity index (χ3n) is 1.27. The molecule has 2 nitrogen and oxygen atoms in total. The first-order chi connectivity index (χ1) is 4.13. The minimum Gasteiger partial charge on any atom is -0.257 e. The van der Waals surface area contributed by atoms with Crippen LogP contribution in [0.4, 0.5) is 0 Å². The van der Waals surface area contributed by atoms with E-state index in [0.29, 0.717) is 5.15 Å². The minimum absolute atomic E-state index is 0.618. The molecule has 0 bridgehead atoms. The summed E-state index contributed by atoms with van der Waals surface area (Å²) in [4.78, 5) is 0. The van der Waals surface area contributed by atoms with Gasteiger partial charge in [0.15, 0.2) is 0 Å². The smallest absolute Gasteiger partial charge is 0.130 e. The highest BCUT2D eigenvalue weighted by Gasteiger charge is 2.03. The molecule has 3 heteroatoms. The molecule has 0 unspecified atom stereocenters. The lowest BCUT2D eigenvalue weighted by Gasteiger charge is -1.87. The summed E-state index contributed by atoms with van der Waals surface area (Å²) in [7, 11) is 1.80. The van der Waals surface area contributed by atoms with Crippen molar-refractivity contribution in [3.63, 3.8) is 0 Å². The Morgan fingerprint density at radius 3 is 2.33 bits per heavy atom. The minimum atomic E-state index is 0.618. The van der Waals surface area contributed by atoms with Gasteiger partial charge in [0.05, 0.1) is 5.69 Å². The van der Waals surface area contributed by atoms with Gasteiger partial charge in [-0.05, 0) is 13.8 Å². The van der Waals surface area contributed by atoms with Crippen LogP contribution in [-0.4, -0.2) is 9.78 Å². The SMILES string of the molecule is [CH2]c1c(C)nn(C)c1Cl. The zero-order valence-corrected chi connectivity index (χ0v) is 6.24. The quantitative estimate of drug-likeness (QED) is 0.539. The second-order valence-electron chi connectivity index (χ2n) is 1.98. The van der Waals surface area contributed by atoms with Gasteiger partial charge in [-0.3, -0.25) is 4.68 Å². The van der Waals surface area contributed by atoms with Gasteiger partial charge in [0.2, 0.25) is 0 Å². The first-order valence-corrected chi connectivity index (χ1v) is 3.01. The summed E-state index contributed by atoms with van der Waals surface area (Å²) in [5.41, 5.74) is 1.71. The lowest BCUT2D eigenvalue weighted by atomic mass is 10.3. The van der Waals surface area contributed by atoms with E-state index < -0.39 is 0 Å². The highest BCUT2D eigenvalue weighted by molar-refractivity contribution is 6.30. The molecule has 0 spiro atoms. The zero-order valence-electron chi connectivity index (χ0n) is 5.48. The Balaban J connectivity index is 3.29. The number of hydrogen-bond donors (Lipinski definition) is 0. The molecule has 49 valence electrons. The number of aromatic nitrogens is 2. The van der Waals surface area contributed by atoms with Crippen molar-refractivity contribution in [2.24, 2.45) is 7.05 Å². The molecule has 1 aromatic rings. The number of rotatable bonds is 0. The average Bonchev–Trinajstić information content (AvgIpc) is 1.98. The van der Waals surface area contributed by atoms with Crippen LogP contribution in [0.5, 0.6) is 0 Å². The van der Waals surface area contributed by atoms with Gasteiger partial charge in [-0.15, -0.1) is 0 Å². The van der Waals surface area contributed by atoms with Crippen molar-refractivity contribution < 1.29 is 0 Å². The van der Waals surface area contributed by atoms with Gasteiger partial charge >= 0.3 is 0 Å². The predicted octanol–water partition coefficient (Wildman–Crippen LogP) is 1.56. The van der Waals surface area contributed by atoms with Crippen LogP contribution in [0.2, 0.25) is 5.15 Å². The summed E-state index contributed by atoms with van der Waals surface area (Å²) in [6, 6.07) is 0. The summed E-state index contributed by atoms with van der Waals surface area (Å²) >= 11 is 5.74. The number of halogens is 1. The molecule has 0 N–H and O–H groups in total. The number of aryl methyl sites for hydroxylation is 2. The van der Waals surface area contributed by atoms with Crippen LogP contribution in [0.3, 0.4) is 0 Å². The van der Waals surface area contributed by atoms with Crippen LogP contribution >= 0.6 is 11.6 Å². The van der Waals surface area contributed by atoms with Crippen molar-refractivity contribution in [2.75, 3.05) is 0 Å². The molecule has 1 rings (SSSR count). The molecular formula is C6H8ClN2. The lowest BCUT2D eigenvalue weighted by Crippen LogP contribution is -1.88. The average molecular weight is 144 g/mol. The van der Waals surface area contributed by atoms with Crippen molar-refractivity contribution in [1.82, 2.24) is 9.78 Å². The van der Waals surface area contributed by atoms with Crippen LogP contribution in [0.15, 0.2) is 0 Å². The fourth-order valence-electron chi connectivity index (χ4n) is 0.674. The van der Waals surface area contributed by atoms with Crippen molar-refractivity contribution in [2.45, 2.75) is 6.92 Å².